The van der Waals surface area contributed by atoms with E-state index < -0.39 is 11.9 Å². The lowest BCUT2D eigenvalue weighted by Gasteiger charge is -2.04. The van der Waals surface area contributed by atoms with E-state index in [4.69, 9.17) is 0 Å². The van der Waals surface area contributed by atoms with Gasteiger partial charge in [-0.3, -0.25) is 5.10 Å². The van der Waals surface area contributed by atoms with Crippen LogP contribution in [0.1, 0.15) is 25.5 Å². The summed E-state index contributed by atoms with van der Waals surface area (Å²) >= 11 is 0. The summed E-state index contributed by atoms with van der Waals surface area (Å²) in [6.45, 7) is 3.32. The summed E-state index contributed by atoms with van der Waals surface area (Å²) in [4.78, 5) is 0. The molecule has 1 aromatic heterocycles. The second-order valence-corrected chi connectivity index (χ2v) is 3.37. The Morgan fingerprint density at radius 3 is 2.75 bits per heavy atom. The van der Waals surface area contributed by atoms with Crippen LogP contribution in [0.3, 0.4) is 0 Å². The monoisotopic (exact) mass is 236 g/mol. The van der Waals surface area contributed by atoms with Crippen LogP contribution in [0.25, 0.3) is 0 Å². The molecule has 0 saturated carbocycles. The Hall–Kier alpha value is -1.24. The third kappa shape index (κ3) is 4.09. The largest absolute Gasteiger partial charge is 0.435 e. The number of aromatic nitrogens is 2. The average Bonchev–Trinajstić information content (AvgIpc) is 2.65. The highest BCUT2D eigenvalue weighted by Crippen LogP contribution is 2.28. The number of alkyl halides is 3. The van der Waals surface area contributed by atoms with Crippen molar-refractivity contribution in [2.75, 3.05) is 18.5 Å². The highest BCUT2D eigenvalue weighted by atomic mass is 19.4. The minimum atomic E-state index is -4.40. The van der Waals surface area contributed by atoms with Crippen molar-refractivity contribution < 1.29 is 13.2 Å². The van der Waals surface area contributed by atoms with E-state index in [0.717, 1.165) is 25.5 Å². The van der Waals surface area contributed by atoms with Crippen LogP contribution in [0.15, 0.2) is 6.07 Å². The highest BCUT2D eigenvalue weighted by Gasteiger charge is 2.33. The standard InChI is InChI=1S/C9H15F3N4/c1-2-3-4-13-6-14-8-5-7(15-16-8)9(10,11)12/h5,13H,2-4,6H2,1H3,(H2,14,15,16). The normalized spacial score (nSPS) is 11.8. The summed E-state index contributed by atoms with van der Waals surface area (Å²) in [7, 11) is 0. The maximum absolute atomic E-state index is 12.2. The second kappa shape index (κ2) is 5.74. The number of hydrogen-bond donors (Lipinski definition) is 3. The number of rotatable bonds is 6. The van der Waals surface area contributed by atoms with E-state index in [9.17, 15) is 13.2 Å². The van der Waals surface area contributed by atoms with Crippen LogP contribution in [-0.2, 0) is 6.18 Å². The van der Waals surface area contributed by atoms with E-state index in [1.807, 2.05) is 0 Å². The van der Waals surface area contributed by atoms with E-state index in [1.54, 1.807) is 0 Å². The summed E-state index contributed by atoms with van der Waals surface area (Å²) < 4.78 is 36.5. The van der Waals surface area contributed by atoms with Gasteiger partial charge in [0.2, 0.25) is 0 Å². The zero-order chi connectivity index (χ0) is 12.0. The molecule has 0 unspecified atom stereocenters. The van der Waals surface area contributed by atoms with E-state index in [-0.39, 0.29) is 5.82 Å². The molecule has 3 N–H and O–H groups in total. The minimum Gasteiger partial charge on any atom is -0.358 e. The molecule has 92 valence electrons. The molecular weight excluding hydrogens is 221 g/mol. The number of H-pyrrole nitrogens is 1. The third-order valence-corrected chi connectivity index (χ3v) is 1.98. The molecule has 0 radical (unpaired) electrons. The van der Waals surface area contributed by atoms with Crippen LogP contribution in [0.2, 0.25) is 0 Å². The van der Waals surface area contributed by atoms with Crippen molar-refractivity contribution in [2.45, 2.75) is 25.9 Å². The number of anilines is 1. The molecular formula is C9H15F3N4. The number of aromatic amines is 1. The maximum Gasteiger partial charge on any atom is 0.435 e. The van der Waals surface area contributed by atoms with Crippen molar-refractivity contribution in [1.29, 1.82) is 0 Å². The number of nitrogens with one attached hydrogen (secondary N) is 3. The van der Waals surface area contributed by atoms with Gasteiger partial charge in [0.15, 0.2) is 5.69 Å². The number of nitrogens with zero attached hydrogens (tertiary/aromatic N) is 1. The van der Waals surface area contributed by atoms with Crippen LogP contribution in [0.5, 0.6) is 0 Å². The molecule has 0 aliphatic heterocycles. The average molecular weight is 236 g/mol. The van der Waals surface area contributed by atoms with Crippen molar-refractivity contribution >= 4 is 5.82 Å². The summed E-state index contributed by atoms with van der Waals surface area (Å²) in [5, 5.41) is 11.3. The molecule has 0 fully saturated rings. The van der Waals surface area contributed by atoms with Gasteiger partial charge in [-0.05, 0) is 13.0 Å². The third-order valence-electron chi connectivity index (χ3n) is 1.98. The Kier molecular flexibility index (Phi) is 4.60. The highest BCUT2D eigenvalue weighted by molar-refractivity contribution is 5.35. The van der Waals surface area contributed by atoms with Crippen molar-refractivity contribution in [3.8, 4) is 0 Å². The first kappa shape index (κ1) is 12.8. The fourth-order valence-electron chi connectivity index (χ4n) is 1.11. The van der Waals surface area contributed by atoms with Crippen molar-refractivity contribution in [3.63, 3.8) is 0 Å². The molecule has 0 spiro atoms. The molecule has 4 nitrogen and oxygen atoms in total. The molecule has 1 rings (SSSR count). The summed E-state index contributed by atoms with van der Waals surface area (Å²) in [5.41, 5.74) is -0.913. The van der Waals surface area contributed by atoms with Crippen molar-refractivity contribution in [2.24, 2.45) is 0 Å². The fraction of sp³-hybridized carbons (Fsp3) is 0.667. The Morgan fingerprint density at radius 1 is 1.44 bits per heavy atom. The van der Waals surface area contributed by atoms with Gasteiger partial charge in [0, 0.05) is 6.07 Å². The lowest BCUT2D eigenvalue weighted by atomic mass is 10.3. The smallest absolute Gasteiger partial charge is 0.358 e. The molecule has 0 saturated heterocycles. The molecule has 0 aliphatic carbocycles. The minimum absolute atomic E-state index is 0.260. The van der Waals surface area contributed by atoms with Crippen LogP contribution in [0.4, 0.5) is 19.0 Å². The summed E-state index contributed by atoms with van der Waals surface area (Å²) in [6.07, 6.45) is -2.28. The van der Waals surface area contributed by atoms with E-state index >= 15 is 0 Å². The van der Waals surface area contributed by atoms with Gasteiger partial charge < -0.3 is 10.6 Å². The van der Waals surface area contributed by atoms with Gasteiger partial charge in [0.05, 0.1) is 6.67 Å². The molecule has 0 aliphatic rings. The summed E-state index contributed by atoms with van der Waals surface area (Å²) in [6, 6.07) is 0.946. The molecule has 0 bridgehead atoms. The van der Waals surface area contributed by atoms with Gasteiger partial charge >= 0.3 is 6.18 Å². The van der Waals surface area contributed by atoms with Crippen LogP contribution in [-0.4, -0.2) is 23.4 Å². The SMILES string of the molecule is CCCCNCNc1cc(C(F)(F)F)n[nH]1. The number of unbranched alkanes of at least 4 members (excludes halogenated alkanes) is 1. The first-order valence-electron chi connectivity index (χ1n) is 5.11. The number of hydrogen-bond acceptors (Lipinski definition) is 3. The van der Waals surface area contributed by atoms with Gasteiger partial charge in [-0.25, -0.2) is 0 Å². The van der Waals surface area contributed by atoms with Crippen LogP contribution >= 0.6 is 0 Å². The van der Waals surface area contributed by atoms with Gasteiger partial charge in [-0.15, -0.1) is 0 Å². The first-order chi connectivity index (χ1) is 7.54. The Bertz CT molecular complexity index is 308. The first-order valence-corrected chi connectivity index (χ1v) is 5.11. The second-order valence-electron chi connectivity index (χ2n) is 3.37. The quantitative estimate of drug-likeness (QED) is 0.524. The molecule has 0 aromatic carbocycles. The predicted octanol–water partition coefficient (Wildman–Crippen LogP) is 2.19. The number of halogens is 3. The van der Waals surface area contributed by atoms with Gasteiger partial charge in [0.25, 0.3) is 0 Å². The zero-order valence-corrected chi connectivity index (χ0v) is 8.99. The lowest BCUT2D eigenvalue weighted by Crippen LogP contribution is -2.22. The van der Waals surface area contributed by atoms with Crippen molar-refractivity contribution in [1.82, 2.24) is 15.5 Å². The fourth-order valence-corrected chi connectivity index (χ4v) is 1.11. The molecule has 7 heteroatoms. The molecule has 1 aromatic rings. The summed E-state index contributed by atoms with van der Waals surface area (Å²) in [5.74, 6) is 0.260. The van der Waals surface area contributed by atoms with Crippen LogP contribution < -0.4 is 10.6 Å². The molecule has 1 heterocycles. The van der Waals surface area contributed by atoms with Gasteiger partial charge in [-0.1, -0.05) is 13.3 Å². The van der Waals surface area contributed by atoms with Gasteiger partial charge in [0.1, 0.15) is 5.82 Å². The zero-order valence-electron chi connectivity index (χ0n) is 8.99. The molecule has 0 atom stereocenters. The van der Waals surface area contributed by atoms with Crippen molar-refractivity contribution in [3.05, 3.63) is 11.8 Å². The Balaban J connectivity index is 2.30. The molecule has 0 amide bonds. The van der Waals surface area contributed by atoms with E-state index in [2.05, 4.69) is 27.8 Å². The predicted molar refractivity (Wildman–Crippen MR) is 55.0 cm³/mol. The van der Waals surface area contributed by atoms with Gasteiger partial charge in [-0.2, -0.15) is 18.3 Å². The van der Waals surface area contributed by atoms with E-state index in [0.29, 0.717) is 6.67 Å². The lowest BCUT2D eigenvalue weighted by molar-refractivity contribution is -0.141. The maximum atomic E-state index is 12.2. The van der Waals surface area contributed by atoms with E-state index in [1.165, 1.54) is 0 Å². The topological polar surface area (TPSA) is 52.7 Å². The molecule has 16 heavy (non-hydrogen) atoms. The Morgan fingerprint density at radius 2 is 2.19 bits per heavy atom. The Labute approximate surface area is 91.6 Å². The van der Waals surface area contributed by atoms with Crippen LogP contribution in [0, 0.1) is 0 Å².